The summed E-state index contributed by atoms with van der Waals surface area (Å²) in [6.07, 6.45) is 6.03. The summed E-state index contributed by atoms with van der Waals surface area (Å²) in [4.78, 5) is 13.7. The lowest BCUT2D eigenvalue weighted by atomic mass is 10.1. The zero-order valence-electron chi connectivity index (χ0n) is 16.2. The minimum absolute atomic E-state index is 0.347. The van der Waals surface area contributed by atoms with E-state index < -0.39 is 0 Å². The Morgan fingerprint density at radius 2 is 1.76 bits per heavy atom. The lowest BCUT2D eigenvalue weighted by Gasteiger charge is -2.16. The lowest BCUT2D eigenvalue weighted by molar-refractivity contribution is 0.292. The summed E-state index contributed by atoms with van der Waals surface area (Å²) >= 11 is 14.6. The predicted octanol–water partition coefficient (Wildman–Crippen LogP) is 5.53. The number of pyridine rings is 1. The maximum absolute atomic E-state index is 6.59. The Bertz CT molecular complexity index is 1050. The van der Waals surface area contributed by atoms with Crippen LogP contribution >= 0.6 is 35.0 Å². The van der Waals surface area contributed by atoms with Gasteiger partial charge in [-0.15, -0.1) is 0 Å². The van der Waals surface area contributed by atoms with Gasteiger partial charge < -0.3 is 14.2 Å². The van der Waals surface area contributed by atoms with Crippen LogP contribution in [0.15, 0.2) is 23.5 Å². The molecule has 0 aliphatic heterocycles. The number of hydrogen-bond donors (Lipinski definition) is 0. The summed E-state index contributed by atoms with van der Waals surface area (Å²) in [7, 11) is 3.07. The molecule has 1 aromatic carbocycles. The van der Waals surface area contributed by atoms with Crippen LogP contribution in [-0.4, -0.2) is 42.0 Å². The van der Waals surface area contributed by atoms with E-state index in [-0.39, 0.29) is 0 Å². The van der Waals surface area contributed by atoms with E-state index in [9.17, 15) is 0 Å². The first-order valence-corrected chi connectivity index (χ1v) is 11.0. The van der Waals surface area contributed by atoms with Crippen molar-refractivity contribution in [3.05, 3.63) is 28.4 Å². The molecule has 2 heterocycles. The number of benzene rings is 1. The zero-order chi connectivity index (χ0) is 20.5. The average molecular weight is 452 g/mol. The zero-order valence-corrected chi connectivity index (χ0v) is 18.5. The molecule has 152 valence electrons. The van der Waals surface area contributed by atoms with Crippen molar-refractivity contribution in [2.24, 2.45) is 5.92 Å². The van der Waals surface area contributed by atoms with E-state index in [1.165, 1.54) is 38.8 Å². The second kappa shape index (κ2) is 8.42. The number of hydrogen-bond acceptors (Lipinski definition) is 7. The van der Waals surface area contributed by atoms with Crippen molar-refractivity contribution in [1.29, 1.82) is 0 Å². The van der Waals surface area contributed by atoms with Crippen LogP contribution in [-0.2, 0) is 0 Å². The first-order valence-electron chi connectivity index (χ1n) is 9.00. The predicted molar refractivity (Wildman–Crippen MR) is 116 cm³/mol. The average Bonchev–Trinajstić information content (AvgIpc) is 3.56. The number of nitrogens with zero attached hydrogens (tertiary/aromatic N) is 3. The first kappa shape index (κ1) is 20.3. The lowest BCUT2D eigenvalue weighted by Crippen LogP contribution is -2.04. The van der Waals surface area contributed by atoms with Crippen molar-refractivity contribution in [3.63, 3.8) is 0 Å². The number of fused-ring (bicyclic) bond motifs is 1. The number of aromatic nitrogens is 3. The van der Waals surface area contributed by atoms with Crippen molar-refractivity contribution in [2.45, 2.75) is 18.0 Å². The Kier molecular flexibility index (Phi) is 5.90. The van der Waals surface area contributed by atoms with Gasteiger partial charge in [-0.05, 0) is 31.1 Å². The van der Waals surface area contributed by atoms with Crippen LogP contribution in [0, 0.1) is 5.92 Å². The topological polar surface area (TPSA) is 66.4 Å². The van der Waals surface area contributed by atoms with Gasteiger partial charge in [0, 0.05) is 23.2 Å². The number of ether oxygens (including phenoxy) is 3. The van der Waals surface area contributed by atoms with E-state index in [1.54, 1.807) is 12.3 Å². The molecule has 29 heavy (non-hydrogen) atoms. The first-order chi connectivity index (χ1) is 14.0. The maximum Gasteiger partial charge on any atom is 0.241 e. The molecule has 6 nitrogen and oxygen atoms in total. The molecule has 0 saturated heterocycles. The van der Waals surface area contributed by atoms with E-state index in [0.29, 0.717) is 61.9 Å². The normalized spacial score (nSPS) is 13.6. The van der Waals surface area contributed by atoms with Gasteiger partial charge in [-0.25, -0.2) is 15.0 Å². The number of halogens is 2. The molecule has 0 N–H and O–H groups in total. The van der Waals surface area contributed by atoms with E-state index in [4.69, 9.17) is 42.4 Å². The third kappa shape index (κ3) is 4.04. The highest BCUT2D eigenvalue weighted by Crippen LogP contribution is 2.46. The SMILES string of the molecule is COc1cc(OC)c(Cl)c(-c2cc3cnc(SC)nc3c(OCC3CC3)n2)c1Cl. The van der Waals surface area contributed by atoms with Crippen LogP contribution in [0.5, 0.6) is 17.4 Å². The van der Waals surface area contributed by atoms with Gasteiger partial charge in [-0.2, -0.15) is 0 Å². The molecule has 0 radical (unpaired) electrons. The summed E-state index contributed by atoms with van der Waals surface area (Å²) in [6, 6.07) is 3.49. The second-order valence-electron chi connectivity index (χ2n) is 6.65. The Hall–Kier alpha value is -1.96. The molecule has 0 bridgehead atoms. The second-order valence-corrected chi connectivity index (χ2v) is 8.17. The van der Waals surface area contributed by atoms with Gasteiger partial charge >= 0.3 is 0 Å². The van der Waals surface area contributed by atoms with Crippen LogP contribution in [0.4, 0.5) is 0 Å². The van der Waals surface area contributed by atoms with Gasteiger partial charge in [0.15, 0.2) is 5.16 Å². The number of thioether (sulfide) groups is 1. The van der Waals surface area contributed by atoms with Gasteiger partial charge in [0.05, 0.1) is 36.6 Å². The van der Waals surface area contributed by atoms with Crippen LogP contribution in [0.1, 0.15) is 12.8 Å². The summed E-state index contributed by atoms with van der Waals surface area (Å²) in [5, 5.41) is 2.13. The molecule has 1 saturated carbocycles. The molecule has 3 aromatic rings. The fraction of sp³-hybridized carbons (Fsp3) is 0.350. The van der Waals surface area contributed by atoms with Crippen LogP contribution in [0.2, 0.25) is 10.0 Å². The summed E-state index contributed by atoms with van der Waals surface area (Å²) < 4.78 is 16.8. The molecule has 2 aromatic heterocycles. The Morgan fingerprint density at radius 3 is 2.34 bits per heavy atom. The van der Waals surface area contributed by atoms with Crippen molar-refractivity contribution in [1.82, 2.24) is 15.0 Å². The molecular weight excluding hydrogens is 433 g/mol. The van der Waals surface area contributed by atoms with Gasteiger partial charge in [0.2, 0.25) is 5.88 Å². The van der Waals surface area contributed by atoms with E-state index in [1.807, 2.05) is 12.3 Å². The maximum atomic E-state index is 6.59. The molecule has 0 unspecified atom stereocenters. The van der Waals surface area contributed by atoms with Crippen molar-refractivity contribution in [3.8, 4) is 28.6 Å². The van der Waals surface area contributed by atoms with Gasteiger partial charge in [-0.1, -0.05) is 35.0 Å². The highest BCUT2D eigenvalue weighted by Gasteiger charge is 2.25. The molecule has 1 aliphatic rings. The molecule has 1 fully saturated rings. The number of methoxy groups -OCH3 is 2. The molecular formula is C20H19Cl2N3O3S. The van der Waals surface area contributed by atoms with Gasteiger partial charge in [0.1, 0.15) is 17.0 Å². The standard InChI is InChI=1S/C20H19Cl2N3O3S/c1-26-13-7-14(27-2)17(22)15(16(13)21)12-6-11-8-23-20(29-3)25-18(11)19(24-12)28-9-10-4-5-10/h6-8,10H,4-5,9H2,1-3H3. The van der Waals surface area contributed by atoms with E-state index in [2.05, 4.69) is 9.97 Å². The highest BCUT2D eigenvalue weighted by atomic mass is 35.5. The molecule has 0 spiro atoms. The van der Waals surface area contributed by atoms with Crippen LogP contribution < -0.4 is 14.2 Å². The van der Waals surface area contributed by atoms with E-state index >= 15 is 0 Å². The molecule has 1 aliphatic carbocycles. The van der Waals surface area contributed by atoms with Crippen LogP contribution in [0.3, 0.4) is 0 Å². The third-order valence-electron chi connectivity index (χ3n) is 4.68. The minimum atomic E-state index is 0.347. The van der Waals surface area contributed by atoms with Crippen molar-refractivity contribution >= 4 is 45.9 Å². The van der Waals surface area contributed by atoms with E-state index in [0.717, 1.165) is 5.39 Å². The fourth-order valence-electron chi connectivity index (χ4n) is 2.91. The van der Waals surface area contributed by atoms with Gasteiger partial charge in [-0.3, -0.25) is 0 Å². The molecule has 0 atom stereocenters. The Balaban J connectivity index is 1.92. The monoisotopic (exact) mass is 451 g/mol. The summed E-state index contributed by atoms with van der Waals surface area (Å²) in [5.74, 6) is 1.90. The quantitative estimate of drug-likeness (QED) is 0.345. The van der Waals surface area contributed by atoms with Gasteiger partial charge in [0.25, 0.3) is 0 Å². The molecule has 4 rings (SSSR count). The summed E-state index contributed by atoms with van der Waals surface area (Å²) in [6.45, 7) is 0.604. The highest BCUT2D eigenvalue weighted by molar-refractivity contribution is 7.98. The number of rotatable bonds is 7. The van der Waals surface area contributed by atoms with Crippen molar-refractivity contribution < 1.29 is 14.2 Å². The smallest absolute Gasteiger partial charge is 0.241 e. The Morgan fingerprint density at radius 1 is 1.07 bits per heavy atom. The Labute approximate surface area is 182 Å². The molecule has 0 amide bonds. The minimum Gasteiger partial charge on any atom is -0.495 e. The molecule has 9 heteroatoms. The van der Waals surface area contributed by atoms with Crippen molar-refractivity contribution in [2.75, 3.05) is 27.1 Å². The third-order valence-corrected chi connectivity index (χ3v) is 5.99. The largest absolute Gasteiger partial charge is 0.495 e. The fourth-order valence-corrected chi connectivity index (χ4v) is 3.95. The summed E-state index contributed by atoms with van der Waals surface area (Å²) in [5.41, 5.74) is 1.71. The van der Waals surface area contributed by atoms with Crippen LogP contribution in [0.25, 0.3) is 22.2 Å².